The topological polar surface area (TPSA) is 77.7 Å². The first-order valence-corrected chi connectivity index (χ1v) is 6.46. The summed E-state index contributed by atoms with van der Waals surface area (Å²) in [6.45, 7) is 5.52. The van der Waals surface area contributed by atoms with E-state index in [1.54, 1.807) is 0 Å². The Balaban J connectivity index is 1.95. The summed E-state index contributed by atoms with van der Waals surface area (Å²) < 4.78 is 15.2. The van der Waals surface area contributed by atoms with Crippen LogP contribution in [0.3, 0.4) is 0 Å². The molecule has 1 aliphatic heterocycles. The van der Waals surface area contributed by atoms with E-state index in [0.29, 0.717) is 12.4 Å². The van der Waals surface area contributed by atoms with Crippen molar-refractivity contribution >= 4 is 5.97 Å². The molecule has 7 nitrogen and oxygen atoms in total. The molecule has 19 heavy (non-hydrogen) atoms. The fourth-order valence-corrected chi connectivity index (χ4v) is 2.04. The lowest BCUT2D eigenvalue weighted by Crippen LogP contribution is -2.39. The quantitative estimate of drug-likeness (QED) is 0.723. The van der Waals surface area contributed by atoms with Crippen LogP contribution in [0.1, 0.15) is 31.2 Å². The van der Waals surface area contributed by atoms with Gasteiger partial charge in [-0.1, -0.05) is 12.1 Å². The summed E-state index contributed by atoms with van der Waals surface area (Å²) in [7, 11) is 1.33. The van der Waals surface area contributed by atoms with E-state index in [0.717, 1.165) is 26.1 Å². The zero-order valence-electron chi connectivity index (χ0n) is 11.3. The number of nitrogens with zero attached hydrogens (tertiary/aromatic N) is 3. The fourth-order valence-electron chi connectivity index (χ4n) is 2.04. The molecule has 1 saturated heterocycles. The molecule has 1 aromatic rings. The first kappa shape index (κ1) is 14.0. The summed E-state index contributed by atoms with van der Waals surface area (Å²) in [4.78, 5) is 17.6. The molecule has 106 valence electrons. The van der Waals surface area contributed by atoms with Crippen molar-refractivity contribution in [2.24, 2.45) is 0 Å². The van der Waals surface area contributed by atoms with Crippen LogP contribution in [0.25, 0.3) is 0 Å². The SMILES string of the molecule is CCCN1CCOC(c2noc(CC(=O)OC)n2)C1. The maximum absolute atomic E-state index is 11.1. The second-order valence-electron chi connectivity index (χ2n) is 4.46. The molecule has 1 aromatic heterocycles. The van der Waals surface area contributed by atoms with Gasteiger partial charge in [0.1, 0.15) is 12.5 Å². The van der Waals surface area contributed by atoms with Crippen molar-refractivity contribution in [1.82, 2.24) is 15.0 Å². The van der Waals surface area contributed by atoms with Crippen LogP contribution in [-0.4, -0.2) is 54.4 Å². The van der Waals surface area contributed by atoms with Crippen molar-refractivity contribution in [3.05, 3.63) is 11.7 Å². The van der Waals surface area contributed by atoms with E-state index in [4.69, 9.17) is 9.26 Å². The molecule has 0 spiro atoms. The number of aromatic nitrogens is 2. The van der Waals surface area contributed by atoms with Gasteiger partial charge in [-0.2, -0.15) is 4.98 Å². The van der Waals surface area contributed by atoms with Gasteiger partial charge in [-0.25, -0.2) is 0 Å². The predicted molar refractivity (Wildman–Crippen MR) is 65.4 cm³/mol. The van der Waals surface area contributed by atoms with Crippen LogP contribution < -0.4 is 0 Å². The number of carbonyl (C=O) groups is 1. The van der Waals surface area contributed by atoms with Crippen LogP contribution in [0.5, 0.6) is 0 Å². The number of hydrogen-bond donors (Lipinski definition) is 0. The predicted octanol–water partition coefficient (Wildman–Crippen LogP) is 0.568. The van der Waals surface area contributed by atoms with Crippen LogP contribution >= 0.6 is 0 Å². The normalized spacial score (nSPS) is 20.4. The molecule has 1 aliphatic rings. The number of ether oxygens (including phenoxy) is 2. The summed E-state index contributed by atoms with van der Waals surface area (Å²) in [6.07, 6.45) is 0.914. The highest BCUT2D eigenvalue weighted by molar-refractivity contribution is 5.71. The number of esters is 1. The molecule has 0 aromatic carbocycles. The van der Waals surface area contributed by atoms with Crippen molar-refractivity contribution < 1.29 is 18.8 Å². The van der Waals surface area contributed by atoms with E-state index in [2.05, 4.69) is 26.7 Å². The Morgan fingerprint density at radius 1 is 1.58 bits per heavy atom. The zero-order chi connectivity index (χ0) is 13.7. The molecule has 0 amide bonds. The van der Waals surface area contributed by atoms with E-state index in [-0.39, 0.29) is 18.4 Å². The lowest BCUT2D eigenvalue weighted by atomic mass is 10.2. The highest BCUT2D eigenvalue weighted by atomic mass is 16.5. The number of methoxy groups -OCH3 is 1. The molecule has 0 radical (unpaired) electrons. The minimum absolute atomic E-state index is 0.00507. The summed E-state index contributed by atoms with van der Waals surface area (Å²) in [5.74, 6) is 0.366. The van der Waals surface area contributed by atoms with Crippen LogP contribution in [0, 0.1) is 0 Å². The molecule has 0 bridgehead atoms. The van der Waals surface area contributed by atoms with Gasteiger partial charge in [0.2, 0.25) is 11.7 Å². The summed E-state index contributed by atoms with van der Waals surface area (Å²) in [6, 6.07) is 0. The van der Waals surface area contributed by atoms with Crippen molar-refractivity contribution in [3.8, 4) is 0 Å². The molecule has 2 rings (SSSR count). The minimum Gasteiger partial charge on any atom is -0.469 e. The van der Waals surface area contributed by atoms with Crippen LogP contribution in [-0.2, 0) is 20.7 Å². The van der Waals surface area contributed by atoms with Crippen molar-refractivity contribution in [2.75, 3.05) is 33.4 Å². The van der Waals surface area contributed by atoms with Gasteiger partial charge < -0.3 is 14.0 Å². The Bertz CT molecular complexity index is 419. The van der Waals surface area contributed by atoms with Crippen molar-refractivity contribution in [2.45, 2.75) is 25.9 Å². The van der Waals surface area contributed by atoms with Gasteiger partial charge in [0.05, 0.1) is 13.7 Å². The van der Waals surface area contributed by atoms with E-state index in [1.165, 1.54) is 7.11 Å². The Labute approximate surface area is 111 Å². The smallest absolute Gasteiger partial charge is 0.315 e. The Hall–Kier alpha value is -1.47. The Morgan fingerprint density at radius 3 is 3.16 bits per heavy atom. The highest BCUT2D eigenvalue weighted by Crippen LogP contribution is 2.19. The molecule has 0 N–H and O–H groups in total. The third kappa shape index (κ3) is 3.74. The highest BCUT2D eigenvalue weighted by Gasteiger charge is 2.26. The third-order valence-corrected chi connectivity index (χ3v) is 2.99. The average Bonchev–Trinajstić information content (AvgIpc) is 2.88. The second kappa shape index (κ2) is 6.63. The van der Waals surface area contributed by atoms with E-state index >= 15 is 0 Å². The standard InChI is InChI=1S/C12H19N3O4/c1-3-4-15-5-6-18-9(8-15)12-13-10(19-14-12)7-11(16)17-2/h9H,3-8H2,1-2H3. The molecule has 0 saturated carbocycles. The molecule has 7 heteroatoms. The van der Waals surface area contributed by atoms with E-state index < -0.39 is 5.97 Å². The zero-order valence-corrected chi connectivity index (χ0v) is 11.3. The fraction of sp³-hybridized carbons (Fsp3) is 0.750. The largest absolute Gasteiger partial charge is 0.469 e. The minimum atomic E-state index is -0.396. The van der Waals surface area contributed by atoms with Gasteiger partial charge >= 0.3 is 5.97 Å². The van der Waals surface area contributed by atoms with E-state index in [1.807, 2.05) is 0 Å². The lowest BCUT2D eigenvalue weighted by Gasteiger charge is -2.30. The van der Waals surface area contributed by atoms with Crippen LogP contribution in [0.4, 0.5) is 0 Å². The molecule has 0 aliphatic carbocycles. The number of hydrogen-bond acceptors (Lipinski definition) is 7. The summed E-state index contributed by atoms with van der Waals surface area (Å²) in [5, 5.41) is 3.88. The Morgan fingerprint density at radius 2 is 2.42 bits per heavy atom. The Kier molecular flexibility index (Phi) is 4.86. The number of morpholine rings is 1. The van der Waals surface area contributed by atoms with Crippen LogP contribution in [0.15, 0.2) is 4.52 Å². The van der Waals surface area contributed by atoms with Crippen LogP contribution in [0.2, 0.25) is 0 Å². The summed E-state index contributed by atoms with van der Waals surface area (Å²) >= 11 is 0. The van der Waals surface area contributed by atoms with Gasteiger partial charge in [0, 0.05) is 13.1 Å². The molecular formula is C12H19N3O4. The average molecular weight is 269 g/mol. The van der Waals surface area contributed by atoms with Gasteiger partial charge in [-0.15, -0.1) is 0 Å². The molecule has 2 heterocycles. The first-order chi connectivity index (χ1) is 9.22. The monoisotopic (exact) mass is 269 g/mol. The lowest BCUT2D eigenvalue weighted by molar-refractivity contribution is -0.140. The van der Waals surface area contributed by atoms with Crippen molar-refractivity contribution in [1.29, 1.82) is 0 Å². The maximum atomic E-state index is 11.1. The number of carbonyl (C=O) groups excluding carboxylic acids is 1. The van der Waals surface area contributed by atoms with Crippen molar-refractivity contribution in [3.63, 3.8) is 0 Å². The molecule has 1 fully saturated rings. The maximum Gasteiger partial charge on any atom is 0.315 e. The van der Waals surface area contributed by atoms with Gasteiger partial charge in [-0.05, 0) is 13.0 Å². The first-order valence-electron chi connectivity index (χ1n) is 6.46. The molecule has 1 unspecified atom stereocenters. The third-order valence-electron chi connectivity index (χ3n) is 2.99. The van der Waals surface area contributed by atoms with Gasteiger partial charge in [0.25, 0.3) is 0 Å². The second-order valence-corrected chi connectivity index (χ2v) is 4.46. The molecule has 1 atom stereocenters. The molecular weight excluding hydrogens is 250 g/mol. The van der Waals surface area contributed by atoms with Gasteiger partial charge in [-0.3, -0.25) is 9.69 Å². The number of rotatable bonds is 5. The summed E-state index contributed by atoms with van der Waals surface area (Å²) in [5.41, 5.74) is 0. The van der Waals surface area contributed by atoms with E-state index in [9.17, 15) is 4.79 Å². The van der Waals surface area contributed by atoms with Gasteiger partial charge in [0.15, 0.2) is 0 Å².